The van der Waals surface area contributed by atoms with E-state index in [0.29, 0.717) is 11.1 Å². The predicted octanol–water partition coefficient (Wildman–Crippen LogP) is 11.7. The standard InChI is InChI=1S/C54H37BrN2Si/c55-40-30-33-50-49-24-12-15-27-53(49)57(54(50)36-40)42-35-39(34-41(37-42)56-51-25-13-10-22-47(51)48-23-11-14-26-52(48)56)38-28-31-46(32-29-38)58(43-16-4-1-5-17-43,44-18-6-2-7-19-44)45-20-8-3-9-21-45/h1-37H/i10D,11D,12D,13D,14D,15D,22D,23D,24D,25D,26D,27D,30D,33D,36D. The number of nitrogens with zero attached hydrogens (tertiary/aromatic N) is 2. The lowest BCUT2D eigenvalue weighted by molar-refractivity contribution is 1.13. The van der Waals surface area contributed by atoms with Gasteiger partial charge in [0, 0.05) is 37.4 Å². The van der Waals surface area contributed by atoms with Crippen LogP contribution in [0.3, 0.4) is 0 Å². The maximum Gasteiger partial charge on any atom is 0.179 e. The third-order valence-electron chi connectivity index (χ3n) is 10.9. The summed E-state index contributed by atoms with van der Waals surface area (Å²) in [4.78, 5) is 0. The molecule has 11 aromatic rings. The highest BCUT2D eigenvalue weighted by Crippen LogP contribution is 2.38. The fourth-order valence-electron chi connectivity index (χ4n) is 8.42. The van der Waals surface area contributed by atoms with Gasteiger partial charge in [-0.15, -0.1) is 0 Å². The monoisotopic (exact) mass is 835 g/mol. The number of aromatic nitrogens is 2. The first kappa shape index (κ1) is 22.3. The number of hydrogen-bond donors (Lipinski definition) is 0. The number of para-hydroxylation sites is 3. The van der Waals surface area contributed by atoms with Crippen molar-refractivity contribution in [3.8, 4) is 22.5 Å². The van der Waals surface area contributed by atoms with Crippen molar-refractivity contribution in [2.75, 3.05) is 0 Å². The van der Waals surface area contributed by atoms with Gasteiger partial charge in [-0.3, -0.25) is 0 Å². The second-order valence-electron chi connectivity index (χ2n) is 13.9. The Morgan fingerprint density at radius 2 is 0.776 bits per heavy atom. The number of halogens is 1. The quantitative estimate of drug-likeness (QED) is 0.112. The second kappa shape index (κ2) is 14.0. The lowest BCUT2D eigenvalue weighted by atomic mass is 10.0. The summed E-state index contributed by atoms with van der Waals surface area (Å²) in [6.07, 6.45) is 0. The first-order chi connectivity index (χ1) is 34.9. The Balaban J connectivity index is 1.30. The molecule has 58 heavy (non-hydrogen) atoms. The molecule has 0 radical (unpaired) electrons. The van der Waals surface area contributed by atoms with E-state index in [4.69, 9.17) is 13.7 Å². The minimum absolute atomic E-state index is 0.0243. The van der Waals surface area contributed by atoms with Crippen molar-refractivity contribution >= 4 is 88.4 Å². The summed E-state index contributed by atoms with van der Waals surface area (Å²) in [5.74, 6) is 0. The molecule has 0 fully saturated rings. The molecule has 0 atom stereocenters. The predicted molar refractivity (Wildman–Crippen MR) is 252 cm³/mol. The zero-order chi connectivity index (χ0) is 51.7. The van der Waals surface area contributed by atoms with Crippen LogP contribution < -0.4 is 20.7 Å². The van der Waals surface area contributed by atoms with Crippen LogP contribution >= 0.6 is 15.9 Å². The Labute approximate surface area is 368 Å². The van der Waals surface area contributed by atoms with Crippen molar-refractivity contribution in [2.24, 2.45) is 0 Å². The molecule has 0 aliphatic heterocycles. The van der Waals surface area contributed by atoms with E-state index in [9.17, 15) is 6.85 Å². The largest absolute Gasteiger partial charge is 0.309 e. The average molecular weight is 837 g/mol. The van der Waals surface area contributed by atoms with Gasteiger partial charge in [-0.2, -0.15) is 0 Å². The van der Waals surface area contributed by atoms with Gasteiger partial charge in [0.25, 0.3) is 0 Å². The van der Waals surface area contributed by atoms with Crippen LogP contribution in [0, 0.1) is 0 Å². The molecule has 0 aliphatic carbocycles. The summed E-state index contributed by atoms with van der Waals surface area (Å²) in [6.45, 7) is 0. The van der Waals surface area contributed by atoms with Crippen molar-refractivity contribution in [1.82, 2.24) is 9.13 Å². The van der Waals surface area contributed by atoms with Crippen LogP contribution in [0.1, 0.15) is 20.6 Å². The Bertz CT molecular complexity index is 3720. The van der Waals surface area contributed by atoms with Gasteiger partial charge in [-0.1, -0.05) is 192 Å². The van der Waals surface area contributed by atoms with Gasteiger partial charge in [0.2, 0.25) is 0 Å². The van der Waals surface area contributed by atoms with Gasteiger partial charge >= 0.3 is 0 Å². The van der Waals surface area contributed by atoms with Crippen LogP contribution in [0.5, 0.6) is 0 Å². The summed E-state index contributed by atoms with van der Waals surface area (Å²) >= 11 is 3.34. The van der Waals surface area contributed by atoms with Crippen LogP contribution in [-0.4, -0.2) is 17.2 Å². The maximum atomic E-state index is 9.45. The van der Waals surface area contributed by atoms with E-state index in [-0.39, 0.29) is 71.5 Å². The molecular formula is C54H37BrN2Si. The molecule has 274 valence electrons. The van der Waals surface area contributed by atoms with E-state index < -0.39 is 86.6 Å². The summed E-state index contributed by atoms with van der Waals surface area (Å²) in [5, 5.41) is 4.02. The molecule has 4 heteroatoms. The van der Waals surface area contributed by atoms with Crippen molar-refractivity contribution < 1.29 is 20.6 Å². The fraction of sp³-hybridized carbons (Fsp3) is 0. The molecule has 0 saturated carbocycles. The Morgan fingerprint density at radius 1 is 0.379 bits per heavy atom. The topological polar surface area (TPSA) is 9.86 Å². The molecule has 9 aromatic carbocycles. The number of benzene rings is 9. The minimum atomic E-state index is -3.02. The maximum absolute atomic E-state index is 9.45. The molecule has 0 unspecified atom stereocenters. The first-order valence-corrected chi connectivity index (χ1v) is 21.4. The van der Waals surface area contributed by atoms with Gasteiger partial charge in [0.1, 0.15) is 0 Å². The number of rotatable bonds is 7. The average Bonchev–Trinajstić information content (AvgIpc) is 3.98. The minimum Gasteiger partial charge on any atom is -0.309 e. The van der Waals surface area contributed by atoms with Gasteiger partial charge in [0.05, 0.1) is 42.6 Å². The summed E-state index contributed by atoms with van der Waals surface area (Å²) in [6, 6.07) is 36.4. The Hall–Kier alpha value is -6.72. The highest BCUT2D eigenvalue weighted by atomic mass is 79.9. The van der Waals surface area contributed by atoms with Gasteiger partial charge in [-0.05, 0) is 80.3 Å². The van der Waals surface area contributed by atoms with Crippen LogP contribution in [0.25, 0.3) is 66.1 Å². The molecule has 0 saturated heterocycles. The van der Waals surface area contributed by atoms with Crippen LogP contribution in [0.4, 0.5) is 0 Å². The fourth-order valence-corrected chi connectivity index (χ4v) is 13.5. The third kappa shape index (κ3) is 5.44. The van der Waals surface area contributed by atoms with E-state index in [1.54, 1.807) is 18.2 Å². The third-order valence-corrected chi connectivity index (χ3v) is 16.0. The smallest absolute Gasteiger partial charge is 0.179 e. The summed E-state index contributed by atoms with van der Waals surface area (Å²) in [7, 11) is -3.02. The van der Waals surface area contributed by atoms with E-state index in [1.165, 1.54) is 9.13 Å². The van der Waals surface area contributed by atoms with Gasteiger partial charge in [0.15, 0.2) is 8.07 Å². The highest BCUT2D eigenvalue weighted by molar-refractivity contribution is 9.10. The molecule has 11 rings (SSSR count). The lowest BCUT2D eigenvalue weighted by Crippen LogP contribution is -2.74. The van der Waals surface area contributed by atoms with Crippen LogP contribution in [0.2, 0.25) is 0 Å². The van der Waals surface area contributed by atoms with E-state index in [0.717, 1.165) is 20.7 Å². The molecule has 2 nitrogen and oxygen atoms in total. The molecule has 2 heterocycles. The van der Waals surface area contributed by atoms with Gasteiger partial charge in [-0.25, -0.2) is 0 Å². The number of hydrogen-bond acceptors (Lipinski definition) is 0. The Morgan fingerprint density at radius 3 is 1.24 bits per heavy atom. The van der Waals surface area contributed by atoms with Crippen molar-refractivity contribution in [1.29, 1.82) is 0 Å². The SMILES string of the molecule is [2H]c1c([2H])c([2H])c2c(c1[2H])c1c([2H])c([2H])c([2H])c([2H])c1n2-c1cc(-c2ccc([Si](c3ccccc3)(c3ccccc3)c3ccccc3)cc2)cc(-n2c3c([2H])c([2H])c([2H])c([2H])c3c3c([2H])c([2H])c(Br)c([2H])c32)c1. The van der Waals surface area contributed by atoms with E-state index in [1.807, 2.05) is 66.7 Å². The number of fused-ring (bicyclic) bond motifs is 6. The summed E-state index contributed by atoms with van der Waals surface area (Å²) < 4.78 is 138. The second-order valence-corrected chi connectivity index (χ2v) is 18.5. The van der Waals surface area contributed by atoms with Crippen molar-refractivity contribution in [3.63, 3.8) is 0 Å². The van der Waals surface area contributed by atoms with Crippen LogP contribution in [-0.2, 0) is 0 Å². The molecule has 0 amide bonds. The molecule has 0 aliphatic rings. The molecule has 0 spiro atoms. The van der Waals surface area contributed by atoms with Crippen LogP contribution in [0.15, 0.2) is 229 Å². The molecule has 2 aromatic heterocycles. The Kier molecular flexibility index (Phi) is 5.39. The van der Waals surface area contributed by atoms with Crippen molar-refractivity contribution in [2.45, 2.75) is 0 Å². The normalized spacial score (nSPS) is 15.5. The van der Waals surface area contributed by atoms with Crippen molar-refractivity contribution in [3.05, 3.63) is 229 Å². The zero-order valence-electron chi connectivity index (χ0n) is 45.5. The molecule has 0 N–H and O–H groups in total. The zero-order valence-corrected chi connectivity index (χ0v) is 33.1. The van der Waals surface area contributed by atoms with Gasteiger partial charge < -0.3 is 9.13 Å². The summed E-state index contributed by atoms with van der Waals surface area (Å²) in [5.41, 5.74) is 0.977. The lowest BCUT2D eigenvalue weighted by Gasteiger charge is -2.34. The highest BCUT2D eigenvalue weighted by Gasteiger charge is 2.41. The molecular weight excluding hydrogens is 785 g/mol. The molecule has 0 bridgehead atoms. The first-order valence-electron chi connectivity index (χ1n) is 26.1. The van der Waals surface area contributed by atoms with E-state index in [2.05, 4.69) is 64.5 Å². The van der Waals surface area contributed by atoms with E-state index >= 15 is 0 Å².